The van der Waals surface area contributed by atoms with E-state index in [9.17, 15) is 9.59 Å². The fraction of sp³-hybridized carbons (Fsp3) is 0.148. The van der Waals surface area contributed by atoms with Gasteiger partial charge in [-0.3, -0.25) is 9.59 Å². The Morgan fingerprint density at radius 3 is 2.68 bits per heavy atom. The van der Waals surface area contributed by atoms with Gasteiger partial charge in [-0.25, -0.2) is 4.98 Å². The molecular weight excluding hydrogens is 430 g/mol. The highest BCUT2D eigenvalue weighted by molar-refractivity contribution is 6.13. The summed E-state index contributed by atoms with van der Waals surface area (Å²) in [5, 5.41) is 2.96. The fourth-order valence-electron chi connectivity index (χ4n) is 4.06. The molecule has 0 bridgehead atoms. The number of para-hydroxylation sites is 1. The van der Waals surface area contributed by atoms with E-state index in [0.29, 0.717) is 34.0 Å². The number of hydrogen-bond donors (Lipinski definition) is 1. The van der Waals surface area contributed by atoms with Crippen molar-refractivity contribution in [2.45, 2.75) is 13.0 Å². The molecule has 1 atom stereocenters. The van der Waals surface area contributed by atoms with E-state index < -0.39 is 6.10 Å². The van der Waals surface area contributed by atoms with Crippen LogP contribution in [0.3, 0.4) is 0 Å². The highest BCUT2D eigenvalue weighted by Crippen LogP contribution is 2.36. The molecule has 0 fully saturated rings. The first-order chi connectivity index (χ1) is 16.5. The maximum Gasteiger partial charge on any atom is 0.251 e. The monoisotopic (exact) mass is 453 g/mol. The lowest BCUT2D eigenvalue weighted by atomic mass is 9.93. The van der Waals surface area contributed by atoms with Gasteiger partial charge in [0.1, 0.15) is 23.4 Å². The topological polar surface area (TPSA) is 80.8 Å². The van der Waals surface area contributed by atoms with Crippen molar-refractivity contribution in [3.8, 4) is 11.5 Å². The van der Waals surface area contributed by atoms with Crippen molar-refractivity contribution in [3.63, 3.8) is 0 Å². The van der Waals surface area contributed by atoms with Crippen molar-refractivity contribution in [2.24, 2.45) is 0 Å². The second kappa shape index (κ2) is 8.86. The summed E-state index contributed by atoms with van der Waals surface area (Å²) in [7, 11) is 1.58. The number of ether oxygens (including phenoxy) is 2. The van der Waals surface area contributed by atoms with Crippen molar-refractivity contribution in [1.29, 1.82) is 0 Å². The van der Waals surface area contributed by atoms with E-state index in [2.05, 4.69) is 10.3 Å². The van der Waals surface area contributed by atoms with Gasteiger partial charge in [-0.2, -0.15) is 0 Å². The Kier molecular flexibility index (Phi) is 5.59. The van der Waals surface area contributed by atoms with Gasteiger partial charge in [-0.05, 0) is 61.0 Å². The van der Waals surface area contributed by atoms with Gasteiger partial charge in [0, 0.05) is 23.7 Å². The average molecular weight is 453 g/mol. The zero-order valence-corrected chi connectivity index (χ0v) is 18.8. The Morgan fingerprint density at radius 2 is 1.91 bits per heavy atom. The summed E-state index contributed by atoms with van der Waals surface area (Å²) in [6.45, 7) is 2.18. The first-order valence-electron chi connectivity index (χ1n) is 10.9. The number of methoxy groups -OCH3 is 1. The molecule has 0 unspecified atom stereocenters. The van der Waals surface area contributed by atoms with Crippen LogP contribution in [0.2, 0.25) is 0 Å². The van der Waals surface area contributed by atoms with Gasteiger partial charge in [0.05, 0.1) is 24.8 Å². The van der Waals surface area contributed by atoms with E-state index in [1.807, 2.05) is 42.2 Å². The maximum atomic E-state index is 13.2. The molecule has 0 saturated carbocycles. The molecule has 2 aliphatic heterocycles. The molecule has 0 radical (unpaired) electrons. The lowest BCUT2D eigenvalue weighted by Crippen LogP contribution is -2.39. The number of benzene rings is 2. The van der Waals surface area contributed by atoms with E-state index in [-0.39, 0.29) is 18.2 Å². The molecule has 5 rings (SSSR count). The van der Waals surface area contributed by atoms with Crippen LogP contribution in [-0.4, -0.2) is 36.4 Å². The molecule has 34 heavy (non-hydrogen) atoms. The first kappa shape index (κ1) is 21.5. The quantitative estimate of drug-likeness (QED) is 0.628. The number of hydrogen-bond acceptors (Lipinski definition) is 6. The number of pyridine rings is 1. The number of aromatic nitrogens is 1. The van der Waals surface area contributed by atoms with E-state index in [0.717, 1.165) is 11.3 Å². The number of Topliss-reactive ketones (excluding diaryl/α,β-unsaturated/α-hetero) is 1. The van der Waals surface area contributed by atoms with Crippen LogP contribution in [0.4, 0.5) is 5.82 Å². The number of anilines is 1. The second-order valence-corrected chi connectivity index (χ2v) is 8.03. The molecule has 3 aromatic rings. The number of carbonyl (C=O) groups is 2. The minimum Gasteiger partial charge on any atom is -0.497 e. The molecule has 1 N–H and O–H groups in total. The third-order valence-corrected chi connectivity index (χ3v) is 5.87. The first-order valence-corrected chi connectivity index (χ1v) is 10.9. The van der Waals surface area contributed by atoms with Crippen LogP contribution < -0.4 is 19.7 Å². The molecule has 2 aromatic carbocycles. The van der Waals surface area contributed by atoms with Gasteiger partial charge < -0.3 is 19.7 Å². The number of rotatable bonds is 5. The molecule has 1 aromatic heterocycles. The summed E-state index contributed by atoms with van der Waals surface area (Å²) in [6.07, 6.45) is 4.80. The predicted molar refractivity (Wildman–Crippen MR) is 128 cm³/mol. The summed E-state index contributed by atoms with van der Waals surface area (Å²) in [5.41, 5.74) is 3.27. The summed E-state index contributed by atoms with van der Waals surface area (Å²) >= 11 is 0. The Morgan fingerprint density at radius 1 is 1.12 bits per heavy atom. The summed E-state index contributed by atoms with van der Waals surface area (Å²) < 4.78 is 11.3. The predicted octanol–water partition coefficient (Wildman–Crippen LogP) is 4.06. The molecule has 0 saturated heterocycles. The van der Waals surface area contributed by atoms with Crippen molar-refractivity contribution >= 4 is 17.5 Å². The number of amides is 1. The molecule has 0 aliphatic carbocycles. The van der Waals surface area contributed by atoms with Crippen LogP contribution in [0.15, 0.2) is 90.4 Å². The van der Waals surface area contributed by atoms with Crippen LogP contribution >= 0.6 is 0 Å². The van der Waals surface area contributed by atoms with E-state index >= 15 is 0 Å². The fourth-order valence-corrected chi connectivity index (χ4v) is 4.06. The van der Waals surface area contributed by atoms with Crippen LogP contribution in [0.1, 0.15) is 26.3 Å². The summed E-state index contributed by atoms with van der Waals surface area (Å²) in [4.78, 5) is 32.4. The van der Waals surface area contributed by atoms with Crippen LogP contribution in [-0.2, 0) is 0 Å². The summed E-state index contributed by atoms with van der Waals surface area (Å²) in [5.74, 6) is 1.62. The van der Waals surface area contributed by atoms with E-state index in [1.54, 1.807) is 55.9 Å². The zero-order chi connectivity index (χ0) is 23.7. The van der Waals surface area contributed by atoms with Crippen LogP contribution in [0.5, 0.6) is 11.5 Å². The van der Waals surface area contributed by atoms with Crippen molar-refractivity contribution in [2.75, 3.05) is 18.6 Å². The SMILES string of the molecule is COc1ccc(C(=O)NCC2=C[C@@H]3Oc4ccccc4C(=O)C3=CN2c2ncccc2C)cc1. The molecule has 7 nitrogen and oxygen atoms in total. The van der Waals surface area contributed by atoms with Gasteiger partial charge in [0.25, 0.3) is 5.91 Å². The third kappa shape index (κ3) is 3.92. The largest absolute Gasteiger partial charge is 0.497 e. The highest BCUT2D eigenvalue weighted by atomic mass is 16.5. The Bertz CT molecular complexity index is 1330. The Hall–Kier alpha value is -4.39. The van der Waals surface area contributed by atoms with Crippen molar-refractivity contribution in [3.05, 3.63) is 107 Å². The van der Waals surface area contributed by atoms with E-state index in [4.69, 9.17) is 9.47 Å². The maximum absolute atomic E-state index is 13.2. The molecule has 7 heteroatoms. The van der Waals surface area contributed by atoms with Crippen molar-refractivity contribution < 1.29 is 19.1 Å². The molecule has 3 heterocycles. The lowest BCUT2D eigenvalue weighted by Gasteiger charge is -2.34. The van der Waals surface area contributed by atoms with Gasteiger partial charge in [-0.15, -0.1) is 0 Å². The van der Waals surface area contributed by atoms with Crippen LogP contribution in [0, 0.1) is 6.92 Å². The minimum atomic E-state index is -0.546. The number of nitrogens with zero attached hydrogens (tertiary/aromatic N) is 2. The number of carbonyl (C=O) groups excluding carboxylic acids is 2. The third-order valence-electron chi connectivity index (χ3n) is 5.87. The smallest absolute Gasteiger partial charge is 0.251 e. The number of aryl methyl sites for hydroxylation is 1. The van der Waals surface area contributed by atoms with Crippen LogP contribution in [0.25, 0.3) is 0 Å². The number of nitrogens with one attached hydrogen (secondary N) is 1. The highest BCUT2D eigenvalue weighted by Gasteiger charge is 2.35. The van der Waals surface area contributed by atoms with Crippen molar-refractivity contribution in [1.82, 2.24) is 10.3 Å². The molecule has 0 spiro atoms. The normalized spacial score (nSPS) is 16.5. The molecular formula is C27H23N3O4. The number of fused-ring (bicyclic) bond motifs is 2. The Labute approximate surface area is 197 Å². The molecule has 170 valence electrons. The Balaban J connectivity index is 1.46. The van der Waals surface area contributed by atoms with Gasteiger partial charge in [0.15, 0.2) is 5.78 Å². The molecule has 1 amide bonds. The zero-order valence-electron chi connectivity index (χ0n) is 18.8. The minimum absolute atomic E-state index is 0.0806. The van der Waals surface area contributed by atoms with Gasteiger partial charge >= 0.3 is 0 Å². The summed E-state index contributed by atoms with van der Waals surface area (Å²) in [6, 6.07) is 17.9. The standard InChI is InChI=1S/C27H23N3O4/c1-17-6-5-13-28-26(17)30-16-22-24(34-23-8-4-3-7-21(23)25(22)31)14-19(30)15-29-27(32)18-9-11-20(33-2)12-10-18/h3-14,16,24H,15H2,1-2H3,(H,29,32)/t24-/m0/s1. The molecule has 2 aliphatic rings. The van der Waals surface area contributed by atoms with Gasteiger partial charge in [-0.1, -0.05) is 18.2 Å². The lowest BCUT2D eigenvalue weighted by molar-refractivity contribution is 0.0950. The average Bonchev–Trinajstić information content (AvgIpc) is 2.87. The van der Waals surface area contributed by atoms with E-state index in [1.165, 1.54) is 0 Å². The number of ketones is 1. The van der Waals surface area contributed by atoms with Gasteiger partial charge in [0.2, 0.25) is 0 Å². The second-order valence-electron chi connectivity index (χ2n) is 8.03.